The van der Waals surface area contributed by atoms with Gasteiger partial charge in [-0.2, -0.15) is 0 Å². The summed E-state index contributed by atoms with van der Waals surface area (Å²) < 4.78 is 0. The lowest BCUT2D eigenvalue weighted by atomic mass is 9.87. The fourth-order valence-corrected chi connectivity index (χ4v) is 3.26. The minimum absolute atomic E-state index is 0.473. The molecule has 1 fully saturated rings. The van der Waals surface area contributed by atoms with Gasteiger partial charge in [0.15, 0.2) is 0 Å². The number of hydrogen-bond acceptors (Lipinski definition) is 1. The highest BCUT2D eigenvalue weighted by molar-refractivity contribution is 6.30. The average Bonchev–Trinajstić information content (AvgIpc) is 2.46. The van der Waals surface area contributed by atoms with E-state index in [1.54, 1.807) is 0 Å². The molecule has 0 aliphatic heterocycles. The summed E-state index contributed by atoms with van der Waals surface area (Å²) in [6, 6.07) is 8.74. The lowest BCUT2D eigenvalue weighted by molar-refractivity contribution is 0.327. The Balaban J connectivity index is 1.77. The third kappa shape index (κ3) is 4.81. The van der Waals surface area contributed by atoms with Crippen LogP contribution in [0.15, 0.2) is 24.3 Å². The number of hydrogen-bond donors (Lipinski definition) is 1. The van der Waals surface area contributed by atoms with Crippen molar-refractivity contribution in [2.24, 2.45) is 5.92 Å². The summed E-state index contributed by atoms with van der Waals surface area (Å²) in [4.78, 5) is 0. The van der Waals surface area contributed by atoms with Crippen molar-refractivity contribution < 1.29 is 0 Å². The van der Waals surface area contributed by atoms with Crippen LogP contribution in [0.3, 0.4) is 0 Å². The van der Waals surface area contributed by atoms with E-state index in [0.717, 1.165) is 23.9 Å². The summed E-state index contributed by atoms with van der Waals surface area (Å²) in [5.41, 5.74) is 1.36. The largest absolute Gasteiger partial charge is 0.310 e. The normalized spacial score (nSPS) is 18.4. The van der Waals surface area contributed by atoms with Crippen LogP contribution in [0.5, 0.6) is 0 Å². The fraction of sp³-hybridized carbons (Fsp3) is 0.647. The van der Waals surface area contributed by atoms with Gasteiger partial charge in [-0.05, 0) is 43.0 Å². The molecule has 1 nitrogen and oxygen atoms in total. The van der Waals surface area contributed by atoms with Gasteiger partial charge in [-0.25, -0.2) is 0 Å². The molecule has 2 heteroatoms. The Kier molecular flexibility index (Phi) is 6.19. The van der Waals surface area contributed by atoms with Gasteiger partial charge in [-0.1, -0.05) is 62.8 Å². The molecule has 1 aliphatic rings. The van der Waals surface area contributed by atoms with Crippen molar-refractivity contribution in [1.29, 1.82) is 0 Å². The third-order valence-electron chi connectivity index (χ3n) is 4.35. The van der Waals surface area contributed by atoms with Crippen LogP contribution in [0.2, 0.25) is 5.02 Å². The minimum Gasteiger partial charge on any atom is -0.310 e. The Bertz CT molecular complexity index is 354. The van der Waals surface area contributed by atoms with Crippen molar-refractivity contribution in [2.45, 2.75) is 57.9 Å². The first kappa shape index (κ1) is 14.9. The molecule has 1 N–H and O–H groups in total. The number of nitrogens with one attached hydrogen (secondary N) is 1. The number of benzene rings is 1. The molecule has 2 rings (SSSR count). The van der Waals surface area contributed by atoms with Gasteiger partial charge in [0, 0.05) is 11.1 Å². The molecule has 0 radical (unpaired) electrons. The van der Waals surface area contributed by atoms with Crippen molar-refractivity contribution in [1.82, 2.24) is 5.32 Å². The number of rotatable bonds is 6. The van der Waals surface area contributed by atoms with Gasteiger partial charge in [0.2, 0.25) is 0 Å². The molecular formula is C17H26ClN. The Morgan fingerprint density at radius 1 is 1.16 bits per heavy atom. The van der Waals surface area contributed by atoms with Gasteiger partial charge >= 0.3 is 0 Å². The molecule has 0 aromatic heterocycles. The zero-order valence-electron chi connectivity index (χ0n) is 12.0. The topological polar surface area (TPSA) is 12.0 Å². The van der Waals surface area contributed by atoms with Crippen LogP contribution >= 0.6 is 11.6 Å². The molecule has 0 bridgehead atoms. The lowest BCUT2D eigenvalue weighted by Crippen LogP contribution is -2.24. The standard InChI is InChI=1S/C17H26ClN/c1-2-17(15-8-10-16(18)11-9-15)19-13-12-14-6-4-3-5-7-14/h8-11,14,17,19H,2-7,12-13H2,1H3. The Morgan fingerprint density at radius 3 is 2.47 bits per heavy atom. The smallest absolute Gasteiger partial charge is 0.0406 e. The molecule has 0 heterocycles. The maximum Gasteiger partial charge on any atom is 0.0406 e. The molecule has 0 spiro atoms. The maximum absolute atomic E-state index is 5.95. The second kappa shape index (κ2) is 7.91. The van der Waals surface area contributed by atoms with E-state index >= 15 is 0 Å². The molecule has 1 aromatic carbocycles. The van der Waals surface area contributed by atoms with E-state index in [2.05, 4.69) is 24.4 Å². The van der Waals surface area contributed by atoms with E-state index in [1.807, 2.05) is 12.1 Å². The summed E-state index contributed by atoms with van der Waals surface area (Å²) in [6.45, 7) is 3.39. The zero-order valence-corrected chi connectivity index (χ0v) is 12.8. The number of halogens is 1. The van der Waals surface area contributed by atoms with E-state index in [-0.39, 0.29) is 0 Å². The molecule has 1 unspecified atom stereocenters. The second-order valence-electron chi connectivity index (χ2n) is 5.76. The van der Waals surface area contributed by atoms with Crippen LogP contribution < -0.4 is 5.32 Å². The SMILES string of the molecule is CCC(NCCC1CCCCC1)c1ccc(Cl)cc1. The highest BCUT2D eigenvalue weighted by atomic mass is 35.5. The van der Waals surface area contributed by atoms with Crippen LogP contribution in [-0.4, -0.2) is 6.54 Å². The Labute approximate surface area is 122 Å². The highest BCUT2D eigenvalue weighted by Gasteiger charge is 2.14. The fourth-order valence-electron chi connectivity index (χ4n) is 3.13. The van der Waals surface area contributed by atoms with Crippen molar-refractivity contribution in [3.05, 3.63) is 34.9 Å². The molecule has 0 saturated heterocycles. The first-order valence-electron chi connectivity index (χ1n) is 7.78. The van der Waals surface area contributed by atoms with Gasteiger partial charge in [0.1, 0.15) is 0 Å². The van der Waals surface area contributed by atoms with Gasteiger partial charge in [-0.3, -0.25) is 0 Å². The molecule has 1 saturated carbocycles. The Morgan fingerprint density at radius 2 is 1.84 bits per heavy atom. The van der Waals surface area contributed by atoms with E-state index in [9.17, 15) is 0 Å². The maximum atomic E-state index is 5.95. The van der Waals surface area contributed by atoms with Crippen LogP contribution in [0.4, 0.5) is 0 Å². The predicted molar refractivity (Wildman–Crippen MR) is 83.7 cm³/mol. The van der Waals surface area contributed by atoms with Crippen LogP contribution in [0, 0.1) is 5.92 Å². The summed E-state index contributed by atoms with van der Waals surface area (Å²) in [6.07, 6.45) is 9.69. The van der Waals surface area contributed by atoms with Gasteiger partial charge in [-0.15, -0.1) is 0 Å². The minimum atomic E-state index is 0.473. The monoisotopic (exact) mass is 279 g/mol. The van der Waals surface area contributed by atoms with Crippen molar-refractivity contribution in [3.63, 3.8) is 0 Å². The zero-order chi connectivity index (χ0) is 13.5. The summed E-state index contributed by atoms with van der Waals surface area (Å²) in [5.74, 6) is 0.962. The van der Waals surface area contributed by atoms with E-state index in [4.69, 9.17) is 11.6 Å². The van der Waals surface area contributed by atoms with Crippen molar-refractivity contribution >= 4 is 11.6 Å². The third-order valence-corrected chi connectivity index (χ3v) is 4.60. The van der Waals surface area contributed by atoms with Crippen LogP contribution in [-0.2, 0) is 0 Å². The second-order valence-corrected chi connectivity index (χ2v) is 6.20. The molecule has 1 atom stereocenters. The summed E-state index contributed by atoms with van der Waals surface area (Å²) in [5, 5.41) is 4.53. The van der Waals surface area contributed by atoms with Gasteiger partial charge in [0.25, 0.3) is 0 Å². The molecule has 1 aromatic rings. The summed E-state index contributed by atoms with van der Waals surface area (Å²) >= 11 is 5.95. The molecule has 0 amide bonds. The van der Waals surface area contributed by atoms with E-state index < -0.39 is 0 Å². The van der Waals surface area contributed by atoms with Crippen molar-refractivity contribution in [2.75, 3.05) is 6.54 Å². The van der Waals surface area contributed by atoms with E-state index in [1.165, 1.54) is 44.1 Å². The van der Waals surface area contributed by atoms with Crippen LogP contribution in [0.1, 0.15) is 63.5 Å². The predicted octanol–water partition coefficient (Wildman–Crippen LogP) is 5.35. The molecule has 1 aliphatic carbocycles. The van der Waals surface area contributed by atoms with Gasteiger partial charge < -0.3 is 5.32 Å². The highest BCUT2D eigenvalue weighted by Crippen LogP contribution is 2.26. The quantitative estimate of drug-likeness (QED) is 0.740. The molecular weight excluding hydrogens is 254 g/mol. The van der Waals surface area contributed by atoms with Crippen molar-refractivity contribution in [3.8, 4) is 0 Å². The first-order valence-corrected chi connectivity index (χ1v) is 8.16. The van der Waals surface area contributed by atoms with Gasteiger partial charge in [0.05, 0.1) is 0 Å². The average molecular weight is 280 g/mol. The Hall–Kier alpha value is -0.530. The van der Waals surface area contributed by atoms with Crippen LogP contribution in [0.25, 0.3) is 0 Å². The van der Waals surface area contributed by atoms with E-state index in [0.29, 0.717) is 6.04 Å². The lowest BCUT2D eigenvalue weighted by Gasteiger charge is -2.23. The first-order chi connectivity index (χ1) is 9.29. The molecule has 19 heavy (non-hydrogen) atoms. The summed E-state index contributed by atoms with van der Waals surface area (Å²) in [7, 11) is 0. The molecule has 106 valence electrons.